The van der Waals surface area contributed by atoms with E-state index in [1.807, 2.05) is 55.5 Å². The van der Waals surface area contributed by atoms with Crippen LogP contribution < -0.4 is 10.6 Å². The molecule has 31 heavy (non-hydrogen) atoms. The molecule has 2 aromatic carbocycles. The number of hydrogen-bond donors (Lipinski definition) is 2. The first kappa shape index (κ1) is 18.8. The molecule has 3 aromatic heterocycles. The number of benzene rings is 2. The van der Waals surface area contributed by atoms with Gasteiger partial charge in [-0.15, -0.1) is 0 Å². The van der Waals surface area contributed by atoms with Crippen LogP contribution in [0.3, 0.4) is 0 Å². The van der Waals surface area contributed by atoms with Crippen molar-refractivity contribution >= 4 is 60.6 Å². The lowest BCUT2D eigenvalue weighted by atomic mass is 10.2. The van der Waals surface area contributed by atoms with E-state index < -0.39 is 4.92 Å². The van der Waals surface area contributed by atoms with Crippen LogP contribution in [-0.4, -0.2) is 24.9 Å². The molecule has 0 amide bonds. The van der Waals surface area contributed by atoms with Gasteiger partial charge in [-0.2, -0.15) is 0 Å². The van der Waals surface area contributed by atoms with Crippen LogP contribution in [0.5, 0.6) is 0 Å². The first-order valence-electron chi connectivity index (χ1n) is 9.33. The summed E-state index contributed by atoms with van der Waals surface area (Å²) in [6.07, 6.45) is 2.97. The minimum atomic E-state index is -0.507. The number of nitrogens with one attached hydrogen (secondary N) is 2. The third-order valence-electron chi connectivity index (χ3n) is 4.75. The van der Waals surface area contributed by atoms with Gasteiger partial charge in [0.2, 0.25) is 11.6 Å². The van der Waals surface area contributed by atoms with Crippen LogP contribution in [0.4, 0.5) is 28.1 Å². The average molecular weight is 429 g/mol. The van der Waals surface area contributed by atoms with Crippen molar-refractivity contribution in [3.63, 3.8) is 0 Å². The van der Waals surface area contributed by atoms with Gasteiger partial charge in [0.1, 0.15) is 6.33 Å². The molecular weight excluding hydrogens is 414 g/mol. The Labute approximate surface area is 180 Å². The molecule has 0 aliphatic rings. The fourth-order valence-corrected chi connectivity index (χ4v) is 4.26. The molecule has 2 N–H and O–H groups in total. The number of thiazole rings is 1. The summed E-state index contributed by atoms with van der Waals surface area (Å²) in [6, 6.07) is 15.1. The van der Waals surface area contributed by atoms with Crippen molar-refractivity contribution in [2.75, 3.05) is 10.6 Å². The van der Waals surface area contributed by atoms with E-state index in [9.17, 15) is 10.1 Å². The number of pyridine rings is 1. The summed E-state index contributed by atoms with van der Waals surface area (Å²) >= 11 is 1.40. The zero-order valence-corrected chi connectivity index (χ0v) is 17.1. The average Bonchev–Trinajstić information content (AvgIpc) is 3.18. The second-order valence-electron chi connectivity index (χ2n) is 6.74. The number of anilines is 4. The molecule has 0 radical (unpaired) electrons. The van der Waals surface area contributed by atoms with Crippen LogP contribution in [0, 0.1) is 17.0 Å². The highest BCUT2D eigenvalue weighted by Gasteiger charge is 2.24. The SMILES string of the molecule is Cc1cccc2sc(Nc3ncnc(Nc4cccc5ncccc45)c3[N+](=O)[O-])nc12. The normalized spacial score (nSPS) is 11.0. The van der Waals surface area contributed by atoms with Crippen molar-refractivity contribution in [1.29, 1.82) is 0 Å². The number of fused-ring (bicyclic) bond motifs is 2. The molecule has 0 unspecified atom stereocenters. The molecule has 10 heteroatoms. The van der Waals surface area contributed by atoms with E-state index in [0.29, 0.717) is 10.8 Å². The summed E-state index contributed by atoms with van der Waals surface area (Å²) in [5, 5.41) is 19.3. The van der Waals surface area contributed by atoms with E-state index in [2.05, 4.69) is 30.6 Å². The summed E-state index contributed by atoms with van der Waals surface area (Å²) < 4.78 is 0.987. The summed E-state index contributed by atoms with van der Waals surface area (Å²) in [6.45, 7) is 1.97. The number of rotatable bonds is 5. The number of aromatic nitrogens is 4. The predicted octanol–water partition coefficient (Wildman–Crippen LogP) is 5.34. The molecule has 5 rings (SSSR count). The maximum absolute atomic E-state index is 11.9. The van der Waals surface area contributed by atoms with Crippen LogP contribution in [-0.2, 0) is 0 Å². The smallest absolute Gasteiger partial charge is 0.334 e. The van der Waals surface area contributed by atoms with Gasteiger partial charge in [0, 0.05) is 17.3 Å². The predicted molar refractivity (Wildman–Crippen MR) is 121 cm³/mol. The fraction of sp³-hybridized carbons (Fsp3) is 0.0476. The third kappa shape index (κ3) is 3.49. The Bertz CT molecular complexity index is 1450. The Morgan fingerprint density at radius 2 is 1.77 bits per heavy atom. The first-order chi connectivity index (χ1) is 15.1. The maximum atomic E-state index is 11.9. The zero-order chi connectivity index (χ0) is 21.4. The minimum absolute atomic E-state index is 0.0672. The standard InChI is InChI=1S/C21H15N7O2S/c1-12-5-2-9-16-17(12)26-21(31-16)27-20-18(28(29)30)19(23-11-24-20)25-15-8-3-7-14-13(15)6-4-10-22-14/h2-11H,1H3,(H2,23,24,25,26,27). The summed E-state index contributed by atoms with van der Waals surface area (Å²) in [5.41, 5.74) is 3.06. The number of hydrogen-bond acceptors (Lipinski definition) is 9. The molecule has 3 heterocycles. The Hall–Kier alpha value is -4.18. The molecule has 0 atom stereocenters. The molecule has 0 saturated carbocycles. The van der Waals surface area contributed by atoms with Crippen LogP contribution >= 0.6 is 11.3 Å². The maximum Gasteiger partial charge on any atom is 0.353 e. The fourth-order valence-electron chi connectivity index (χ4n) is 3.32. The highest BCUT2D eigenvalue weighted by atomic mass is 32.1. The third-order valence-corrected chi connectivity index (χ3v) is 5.69. The van der Waals surface area contributed by atoms with Gasteiger partial charge in [-0.25, -0.2) is 15.0 Å². The van der Waals surface area contributed by atoms with Gasteiger partial charge < -0.3 is 10.6 Å². The van der Waals surface area contributed by atoms with Crippen molar-refractivity contribution in [2.45, 2.75) is 6.92 Å². The van der Waals surface area contributed by atoms with Crippen molar-refractivity contribution < 1.29 is 4.92 Å². The first-order valence-corrected chi connectivity index (χ1v) is 10.1. The molecule has 0 spiro atoms. The van der Waals surface area contributed by atoms with Crippen LogP contribution in [0.15, 0.2) is 61.1 Å². The van der Waals surface area contributed by atoms with Gasteiger partial charge in [0.15, 0.2) is 5.13 Å². The lowest BCUT2D eigenvalue weighted by Gasteiger charge is -2.10. The number of para-hydroxylation sites is 1. The molecule has 9 nitrogen and oxygen atoms in total. The van der Waals surface area contributed by atoms with Gasteiger partial charge in [0.25, 0.3) is 0 Å². The van der Waals surface area contributed by atoms with E-state index >= 15 is 0 Å². The second-order valence-corrected chi connectivity index (χ2v) is 7.77. The topological polar surface area (TPSA) is 119 Å². The minimum Gasteiger partial charge on any atom is -0.334 e. The van der Waals surface area contributed by atoms with Gasteiger partial charge in [-0.05, 0) is 42.8 Å². The van der Waals surface area contributed by atoms with E-state index in [0.717, 1.165) is 26.7 Å². The van der Waals surface area contributed by atoms with Crippen LogP contribution in [0.25, 0.3) is 21.1 Å². The number of nitrogens with zero attached hydrogens (tertiary/aromatic N) is 5. The summed E-state index contributed by atoms with van der Waals surface area (Å²) in [7, 11) is 0. The largest absolute Gasteiger partial charge is 0.353 e. The van der Waals surface area contributed by atoms with E-state index in [1.165, 1.54) is 17.7 Å². The molecule has 0 bridgehead atoms. The number of aryl methyl sites for hydroxylation is 1. The van der Waals surface area contributed by atoms with Gasteiger partial charge >= 0.3 is 5.69 Å². The number of nitro groups is 1. The zero-order valence-electron chi connectivity index (χ0n) is 16.2. The van der Waals surface area contributed by atoms with Gasteiger partial charge in [-0.3, -0.25) is 15.1 Å². The summed E-state index contributed by atoms with van der Waals surface area (Å²) in [5.74, 6) is 0.147. The van der Waals surface area contributed by atoms with Gasteiger partial charge in [0.05, 0.1) is 20.7 Å². The van der Waals surface area contributed by atoms with Crippen molar-refractivity contribution in [2.24, 2.45) is 0 Å². The monoisotopic (exact) mass is 429 g/mol. The Kier molecular flexibility index (Phi) is 4.60. The van der Waals surface area contributed by atoms with E-state index in [-0.39, 0.29) is 17.3 Å². The molecule has 5 aromatic rings. The molecule has 0 aliphatic carbocycles. The molecule has 0 saturated heterocycles. The Balaban J connectivity index is 1.55. The Morgan fingerprint density at radius 1 is 0.968 bits per heavy atom. The van der Waals surface area contributed by atoms with E-state index in [1.54, 1.807) is 6.20 Å². The molecule has 0 aliphatic heterocycles. The molecule has 0 fully saturated rings. The van der Waals surface area contributed by atoms with Gasteiger partial charge in [-0.1, -0.05) is 29.5 Å². The lowest BCUT2D eigenvalue weighted by molar-refractivity contribution is -0.383. The van der Waals surface area contributed by atoms with Crippen molar-refractivity contribution in [3.8, 4) is 0 Å². The Morgan fingerprint density at radius 3 is 2.58 bits per heavy atom. The highest BCUT2D eigenvalue weighted by Crippen LogP contribution is 2.36. The molecule has 152 valence electrons. The summed E-state index contributed by atoms with van der Waals surface area (Å²) in [4.78, 5) is 28.5. The lowest BCUT2D eigenvalue weighted by Crippen LogP contribution is -2.05. The van der Waals surface area contributed by atoms with E-state index in [4.69, 9.17) is 0 Å². The van der Waals surface area contributed by atoms with Crippen molar-refractivity contribution in [1.82, 2.24) is 19.9 Å². The second kappa shape index (κ2) is 7.58. The molecular formula is C21H15N7O2S. The highest BCUT2D eigenvalue weighted by molar-refractivity contribution is 7.22. The quantitative estimate of drug-likeness (QED) is 0.284. The van der Waals surface area contributed by atoms with Crippen LogP contribution in [0.2, 0.25) is 0 Å². The van der Waals surface area contributed by atoms with Crippen molar-refractivity contribution in [3.05, 3.63) is 76.7 Å². The van der Waals surface area contributed by atoms with Crippen LogP contribution in [0.1, 0.15) is 5.56 Å².